The van der Waals surface area contributed by atoms with Crippen molar-refractivity contribution in [1.29, 1.82) is 0 Å². The molecule has 0 saturated carbocycles. The third-order valence-corrected chi connectivity index (χ3v) is 3.34. The highest BCUT2D eigenvalue weighted by Crippen LogP contribution is 2.19. The first-order valence-corrected chi connectivity index (χ1v) is 6.93. The Morgan fingerprint density at radius 1 is 1.04 bits per heavy atom. The van der Waals surface area contributed by atoms with E-state index in [9.17, 15) is 9.59 Å². The maximum atomic E-state index is 12.2. The third kappa shape index (κ3) is 3.26. The largest absolute Gasteiger partial charge is 0.399 e. The summed E-state index contributed by atoms with van der Waals surface area (Å²) in [5.74, 6) is -0.373. The summed E-state index contributed by atoms with van der Waals surface area (Å²) in [5, 5.41) is 2.62. The van der Waals surface area contributed by atoms with Crippen LogP contribution in [0.3, 0.4) is 0 Å². The molecule has 0 aliphatic rings. The van der Waals surface area contributed by atoms with Gasteiger partial charge in [0.25, 0.3) is 11.5 Å². The Bertz CT molecular complexity index is 886. The molecule has 114 valence electrons. The van der Waals surface area contributed by atoms with Gasteiger partial charge in [0.05, 0.1) is 0 Å². The number of carbonyl (C=O) groups is 1. The van der Waals surface area contributed by atoms with Crippen LogP contribution in [-0.2, 0) is 0 Å². The van der Waals surface area contributed by atoms with Gasteiger partial charge in [-0.2, -0.15) is 0 Å². The van der Waals surface area contributed by atoms with E-state index in [4.69, 9.17) is 5.73 Å². The minimum absolute atomic E-state index is 0.182. The zero-order valence-corrected chi connectivity index (χ0v) is 12.1. The van der Waals surface area contributed by atoms with Crippen molar-refractivity contribution < 1.29 is 4.79 Å². The molecule has 0 bridgehead atoms. The van der Waals surface area contributed by atoms with E-state index in [1.165, 1.54) is 0 Å². The molecule has 0 radical (unpaired) electrons. The summed E-state index contributed by atoms with van der Waals surface area (Å²) in [7, 11) is 0. The number of hydrogen-bond donors (Lipinski definition) is 3. The van der Waals surface area contributed by atoms with Crippen molar-refractivity contribution in [2.24, 2.45) is 0 Å². The van der Waals surface area contributed by atoms with Crippen LogP contribution >= 0.6 is 0 Å². The van der Waals surface area contributed by atoms with Crippen LogP contribution in [0.1, 0.15) is 10.4 Å². The van der Waals surface area contributed by atoms with Crippen molar-refractivity contribution in [1.82, 2.24) is 9.97 Å². The molecule has 0 saturated heterocycles. The lowest BCUT2D eigenvalue weighted by molar-refractivity contribution is 0.102. The smallest absolute Gasteiger partial charge is 0.271 e. The predicted molar refractivity (Wildman–Crippen MR) is 89.1 cm³/mol. The molecule has 0 fully saturated rings. The second kappa shape index (κ2) is 6.15. The van der Waals surface area contributed by atoms with Gasteiger partial charge in [0.2, 0.25) is 0 Å². The molecular weight excluding hydrogens is 292 g/mol. The average Bonchev–Trinajstić information content (AvgIpc) is 2.58. The third-order valence-electron chi connectivity index (χ3n) is 3.34. The van der Waals surface area contributed by atoms with Crippen molar-refractivity contribution in [2.75, 3.05) is 11.1 Å². The zero-order valence-electron chi connectivity index (χ0n) is 12.1. The maximum Gasteiger partial charge on any atom is 0.271 e. The molecule has 23 heavy (non-hydrogen) atoms. The normalized spacial score (nSPS) is 10.3. The standard InChI is InChI=1S/C17H14N4O2/c18-14-3-1-12(2-4-14)16(22)21-15-9-13(10-20-17(15)23)11-5-7-19-8-6-11/h1-10H,18H2,(H,20,23)(H,21,22). The molecule has 6 nitrogen and oxygen atoms in total. The lowest BCUT2D eigenvalue weighted by Gasteiger charge is -2.07. The fourth-order valence-electron chi connectivity index (χ4n) is 2.12. The Balaban J connectivity index is 1.89. The summed E-state index contributed by atoms with van der Waals surface area (Å²) in [6.45, 7) is 0. The summed E-state index contributed by atoms with van der Waals surface area (Å²) in [6, 6.07) is 11.7. The van der Waals surface area contributed by atoms with Crippen molar-refractivity contribution in [2.45, 2.75) is 0 Å². The number of hydrogen-bond acceptors (Lipinski definition) is 4. The summed E-state index contributed by atoms with van der Waals surface area (Å²) in [4.78, 5) is 30.7. The summed E-state index contributed by atoms with van der Waals surface area (Å²) < 4.78 is 0. The lowest BCUT2D eigenvalue weighted by Crippen LogP contribution is -2.19. The summed E-state index contributed by atoms with van der Waals surface area (Å²) in [5.41, 5.74) is 8.07. The monoisotopic (exact) mass is 306 g/mol. The molecule has 4 N–H and O–H groups in total. The molecule has 3 rings (SSSR count). The van der Waals surface area contributed by atoms with Crippen molar-refractivity contribution in [3.8, 4) is 11.1 Å². The van der Waals surface area contributed by atoms with Gasteiger partial charge in [0, 0.05) is 35.4 Å². The van der Waals surface area contributed by atoms with Gasteiger partial charge in [0.15, 0.2) is 0 Å². The van der Waals surface area contributed by atoms with Crippen LogP contribution in [0.4, 0.5) is 11.4 Å². The quantitative estimate of drug-likeness (QED) is 0.646. The van der Waals surface area contributed by atoms with E-state index in [1.54, 1.807) is 48.9 Å². The number of pyridine rings is 2. The van der Waals surface area contributed by atoms with E-state index < -0.39 is 0 Å². The number of rotatable bonds is 3. The number of aromatic nitrogens is 2. The number of nitrogen functional groups attached to an aromatic ring is 1. The van der Waals surface area contributed by atoms with E-state index in [2.05, 4.69) is 15.3 Å². The van der Waals surface area contributed by atoms with Gasteiger partial charge in [0.1, 0.15) is 5.69 Å². The van der Waals surface area contributed by atoms with E-state index in [1.807, 2.05) is 12.1 Å². The fourth-order valence-corrected chi connectivity index (χ4v) is 2.12. The first kappa shape index (κ1) is 14.5. The van der Waals surface area contributed by atoms with E-state index in [0.717, 1.165) is 11.1 Å². The van der Waals surface area contributed by atoms with Crippen molar-refractivity contribution >= 4 is 17.3 Å². The van der Waals surface area contributed by atoms with E-state index in [0.29, 0.717) is 11.3 Å². The molecule has 2 heterocycles. The van der Waals surface area contributed by atoms with Gasteiger partial charge in [-0.05, 0) is 48.0 Å². The fraction of sp³-hybridized carbons (Fsp3) is 0. The second-order valence-corrected chi connectivity index (χ2v) is 4.94. The molecule has 3 aromatic rings. The topological polar surface area (TPSA) is 101 Å². The van der Waals surface area contributed by atoms with Crippen LogP contribution in [-0.4, -0.2) is 15.9 Å². The van der Waals surface area contributed by atoms with Crippen LogP contribution < -0.4 is 16.6 Å². The Morgan fingerprint density at radius 2 is 1.74 bits per heavy atom. The highest BCUT2D eigenvalue weighted by atomic mass is 16.2. The van der Waals surface area contributed by atoms with Crippen LogP contribution in [0.15, 0.2) is 65.8 Å². The predicted octanol–water partition coefficient (Wildman–Crippen LogP) is 2.27. The number of H-pyrrole nitrogens is 1. The Hall–Kier alpha value is -3.41. The first-order valence-electron chi connectivity index (χ1n) is 6.93. The summed E-state index contributed by atoms with van der Waals surface area (Å²) >= 11 is 0. The minimum atomic E-state index is -0.373. The molecule has 2 aromatic heterocycles. The first-order chi connectivity index (χ1) is 11.1. The van der Waals surface area contributed by atoms with Gasteiger partial charge < -0.3 is 16.0 Å². The Morgan fingerprint density at radius 3 is 2.43 bits per heavy atom. The molecule has 1 aromatic carbocycles. The maximum absolute atomic E-state index is 12.2. The molecule has 0 aliphatic heterocycles. The number of benzene rings is 1. The number of amides is 1. The van der Waals surface area contributed by atoms with Gasteiger partial charge in [-0.25, -0.2) is 0 Å². The van der Waals surface area contributed by atoms with Gasteiger partial charge in [-0.3, -0.25) is 14.6 Å². The number of nitrogens with two attached hydrogens (primary N) is 1. The van der Waals surface area contributed by atoms with Crippen LogP contribution in [0.5, 0.6) is 0 Å². The molecule has 1 amide bonds. The molecule has 0 unspecified atom stereocenters. The van der Waals surface area contributed by atoms with Crippen LogP contribution in [0, 0.1) is 0 Å². The number of nitrogens with one attached hydrogen (secondary N) is 2. The number of aromatic amines is 1. The molecule has 0 spiro atoms. The Kier molecular flexibility index (Phi) is 3.88. The van der Waals surface area contributed by atoms with E-state index >= 15 is 0 Å². The molecular formula is C17H14N4O2. The number of anilines is 2. The zero-order chi connectivity index (χ0) is 16.2. The van der Waals surface area contributed by atoms with Crippen molar-refractivity contribution in [3.05, 3.63) is 77.0 Å². The lowest BCUT2D eigenvalue weighted by atomic mass is 10.1. The van der Waals surface area contributed by atoms with Gasteiger partial charge in [-0.1, -0.05) is 0 Å². The van der Waals surface area contributed by atoms with E-state index in [-0.39, 0.29) is 17.2 Å². The van der Waals surface area contributed by atoms with Crippen LogP contribution in [0.2, 0.25) is 0 Å². The average molecular weight is 306 g/mol. The second-order valence-electron chi connectivity index (χ2n) is 4.94. The molecule has 6 heteroatoms. The molecule has 0 aliphatic carbocycles. The van der Waals surface area contributed by atoms with Gasteiger partial charge >= 0.3 is 0 Å². The Labute approximate surface area is 132 Å². The minimum Gasteiger partial charge on any atom is -0.399 e. The van der Waals surface area contributed by atoms with Gasteiger partial charge in [-0.15, -0.1) is 0 Å². The highest BCUT2D eigenvalue weighted by molar-refractivity contribution is 6.04. The SMILES string of the molecule is Nc1ccc(C(=O)Nc2cc(-c3ccncc3)c[nH]c2=O)cc1. The summed E-state index contributed by atoms with van der Waals surface area (Å²) in [6.07, 6.45) is 4.91. The van der Waals surface area contributed by atoms with Crippen LogP contribution in [0.25, 0.3) is 11.1 Å². The number of carbonyl (C=O) groups excluding carboxylic acids is 1. The van der Waals surface area contributed by atoms with Crippen molar-refractivity contribution in [3.63, 3.8) is 0 Å². The number of nitrogens with zero attached hydrogens (tertiary/aromatic N) is 1. The molecule has 0 atom stereocenters. The highest BCUT2D eigenvalue weighted by Gasteiger charge is 2.10.